The first-order valence-electron chi connectivity index (χ1n) is 5.78. The van der Waals surface area contributed by atoms with E-state index in [4.69, 9.17) is 11.6 Å². The Labute approximate surface area is 115 Å². The van der Waals surface area contributed by atoms with Gasteiger partial charge in [0.15, 0.2) is 11.0 Å². The van der Waals surface area contributed by atoms with Crippen molar-refractivity contribution in [3.8, 4) is 0 Å². The van der Waals surface area contributed by atoms with Gasteiger partial charge in [0, 0.05) is 5.41 Å². The van der Waals surface area contributed by atoms with Crippen LogP contribution in [0.1, 0.15) is 30.9 Å². The molecule has 0 aliphatic carbocycles. The second kappa shape index (κ2) is 4.85. The van der Waals surface area contributed by atoms with E-state index in [2.05, 4.69) is 9.97 Å². The minimum absolute atomic E-state index is 0.197. The van der Waals surface area contributed by atoms with E-state index < -0.39 is 11.2 Å². The predicted molar refractivity (Wildman–Crippen MR) is 70.3 cm³/mol. The fourth-order valence-electron chi connectivity index (χ4n) is 1.80. The highest BCUT2D eigenvalue weighted by Crippen LogP contribution is 2.30. The zero-order valence-electron chi connectivity index (χ0n) is 10.8. The predicted octanol–water partition coefficient (Wildman–Crippen LogP) is 4.04. The molecule has 2 nitrogen and oxygen atoms in total. The summed E-state index contributed by atoms with van der Waals surface area (Å²) in [5.41, 5.74) is 0.441. The van der Waals surface area contributed by atoms with Crippen molar-refractivity contribution in [1.29, 1.82) is 0 Å². The summed E-state index contributed by atoms with van der Waals surface area (Å²) in [5, 5.41) is -0.197. The molecule has 0 aliphatic rings. The Balaban J connectivity index is 2.52. The molecule has 0 amide bonds. The van der Waals surface area contributed by atoms with E-state index in [0.717, 1.165) is 5.56 Å². The normalized spacial score (nSPS) is 11.7. The molecule has 0 bridgehead atoms. The van der Waals surface area contributed by atoms with Crippen LogP contribution in [0.15, 0.2) is 24.3 Å². The molecule has 2 aromatic rings. The lowest BCUT2D eigenvalue weighted by Gasteiger charge is -2.24. The Morgan fingerprint density at radius 1 is 1.05 bits per heavy atom. The third-order valence-electron chi connectivity index (χ3n) is 3.10. The summed E-state index contributed by atoms with van der Waals surface area (Å²) in [6.07, 6.45) is 0. The first-order chi connectivity index (χ1) is 8.82. The molecule has 0 aliphatic heterocycles. The van der Waals surface area contributed by atoms with Gasteiger partial charge in [-0.15, -0.1) is 0 Å². The van der Waals surface area contributed by atoms with Crippen molar-refractivity contribution in [2.24, 2.45) is 0 Å². The summed E-state index contributed by atoms with van der Waals surface area (Å²) in [4.78, 5) is 8.13. The highest BCUT2D eigenvalue weighted by Gasteiger charge is 2.28. The molecule has 0 spiro atoms. The topological polar surface area (TPSA) is 25.8 Å². The van der Waals surface area contributed by atoms with Crippen molar-refractivity contribution in [2.75, 3.05) is 0 Å². The van der Waals surface area contributed by atoms with Crippen LogP contribution in [0.4, 0.5) is 8.78 Å². The van der Waals surface area contributed by atoms with Crippen molar-refractivity contribution in [3.63, 3.8) is 0 Å². The summed E-state index contributed by atoms with van der Waals surface area (Å²) in [7, 11) is 0. The summed E-state index contributed by atoms with van der Waals surface area (Å²) in [5.74, 6) is -0.517. The highest BCUT2D eigenvalue weighted by atomic mass is 35.5. The van der Waals surface area contributed by atoms with Gasteiger partial charge in [-0.1, -0.05) is 23.7 Å². The van der Waals surface area contributed by atoms with Crippen LogP contribution >= 0.6 is 11.6 Å². The zero-order valence-corrected chi connectivity index (χ0v) is 11.6. The molecule has 1 aromatic heterocycles. The van der Waals surface area contributed by atoms with Crippen LogP contribution in [0, 0.1) is 18.6 Å². The molecule has 0 fully saturated rings. The molecule has 0 saturated carbocycles. The van der Waals surface area contributed by atoms with Gasteiger partial charge in [-0.3, -0.25) is 0 Å². The van der Waals surface area contributed by atoms with Gasteiger partial charge in [-0.25, -0.2) is 18.7 Å². The molecule has 100 valence electrons. The Hall–Kier alpha value is -1.55. The molecule has 0 N–H and O–H groups in total. The molecule has 0 radical (unpaired) electrons. The van der Waals surface area contributed by atoms with Gasteiger partial charge in [0.1, 0.15) is 11.6 Å². The number of aryl methyl sites for hydroxylation is 1. The molecule has 19 heavy (non-hydrogen) atoms. The second-order valence-corrected chi connectivity index (χ2v) is 5.23. The first-order valence-corrected chi connectivity index (χ1v) is 6.16. The van der Waals surface area contributed by atoms with E-state index in [0.29, 0.717) is 5.82 Å². The largest absolute Gasteiger partial charge is 0.234 e. The Morgan fingerprint density at radius 3 is 2.16 bits per heavy atom. The minimum Gasteiger partial charge on any atom is -0.234 e. The molecule has 5 heteroatoms. The second-order valence-electron chi connectivity index (χ2n) is 4.87. The molecule has 0 unspecified atom stereocenters. The lowest BCUT2D eigenvalue weighted by atomic mass is 9.83. The van der Waals surface area contributed by atoms with E-state index in [1.54, 1.807) is 12.1 Å². The van der Waals surface area contributed by atoms with Crippen molar-refractivity contribution in [2.45, 2.75) is 26.2 Å². The fourth-order valence-corrected chi connectivity index (χ4v) is 2.02. The average molecular weight is 283 g/mol. The summed E-state index contributed by atoms with van der Waals surface area (Å²) in [6, 6.07) is 6.06. The first kappa shape index (κ1) is 13.9. The van der Waals surface area contributed by atoms with Gasteiger partial charge >= 0.3 is 0 Å². The van der Waals surface area contributed by atoms with Crippen LogP contribution in [0.25, 0.3) is 0 Å². The molecule has 0 saturated heterocycles. The summed E-state index contributed by atoms with van der Waals surface area (Å²) >= 11 is 5.75. The number of hydrogen-bond acceptors (Lipinski definition) is 2. The Morgan fingerprint density at radius 2 is 1.63 bits per heavy atom. The van der Waals surface area contributed by atoms with Gasteiger partial charge in [-0.2, -0.15) is 0 Å². The maximum atomic E-state index is 13.4. The number of rotatable bonds is 2. The van der Waals surface area contributed by atoms with Crippen LogP contribution in [-0.4, -0.2) is 9.97 Å². The maximum absolute atomic E-state index is 13.4. The number of benzene rings is 1. The fraction of sp³-hybridized carbons (Fsp3) is 0.286. The van der Waals surface area contributed by atoms with Crippen LogP contribution in [0.2, 0.25) is 5.15 Å². The van der Waals surface area contributed by atoms with Crippen LogP contribution in [0.5, 0.6) is 0 Å². The monoisotopic (exact) mass is 282 g/mol. The van der Waals surface area contributed by atoms with E-state index in [1.807, 2.05) is 13.8 Å². The van der Waals surface area contributed by atoms with Crippen LogP contribution in [-0.2, 0) is 5.41 Å². The Kier molecular flexibility index (Phi) is 3.54. The van der Waals surface area contributed by atoms with Crippen molar-refractivity contribution >= 4 is 11.6 Å². The van der Waals surface area contributed by atoms with Crippen LogP contribution in [0.3, 0.4) is 0 Å². The van der Waals surface area contributed by atoms with E-state index >= 15 is 0 Å². The number of aromatic nitrogens is 2. The van der Waals surface area contributed by atoms with Crippen LogP contribution < -0.4 is 0 Å². The van der Waals surface area contributed by atoms with Gasteiger partial charge in [0.05, 0.1) is 5.69 Å². The van der Waals surface area contributed by atoms with E-state index in [-0.39, 0.29) is 16.7 Å². The van der Waals surface area contributed by atoms with E-state index in [1.165, 1.54) is 19.1 Å². The molecular formula is C14H13ClF2N2. The number of hydrogen-bond donors (Lipinski definition) is 0. The van der Waals surface area contributed by atoms with Crippen molar-refractivity contribution < 1.29 is 8.78 Å². The Bertz CT molecular complexity index is 586. The van der Waals surface area contributed by atoms with E-state index in [9.17, 15) is 8.78 Å². The minimum atomic E-state index is -0.611. The number of nitrogens with zero attached hydrogens (tertiary/aromatic N) is 2. The molecule has 1 heterocycles. The van der Waals surface area contributed by atoms with Crippen molar-refractivity contribution in [3.05, 3.63) is 58.1 Å². The van der Waals surface area contributed by atoms with Gasteiger partial charge in [0.2, 0.25) is 0 Å². The smallest absolute Gasteiger partial charge is 0.181 e. The molecule has 2 rings (SSSR count). The van der Waals surface area contributed by atoms with Gasteiger partial charge in [-0.05, 0) is 38.5 Å². The standard InChI is InChI=1S/C14H13ClF2N2/c1-8-11(17)12(15)19-13(18-8)14(2,3)9-4-6-10(16)7-5-9/h4-7H,1-3H3. The lowest BCUT2D eigenvalue weighted by molar-refractivity contribution is 0.551. The maximum Gasteiger partial charge on any atom is 0.181 e. The van der Waals surface area contributed by atoms with Gasteiger partial charge in [0.25, 0.3) is 0 Å². The molecule has 1 aromatic carbocycles. The zero-order chi connectivity index (χ0) is 14.2. The lowest BCUT2D eigenvalue weighted by Crippen LogP contribution is -2.23. The summed E-state index contributed by atoms with van der Waals surface area (Å²) < 4.78 is 26.4. The SMILES string of the molecule is Cc1nc(C(C)(C)c2ccc(F)cc2)nc(Cl)c1F. The third-order valence-corrected chi connectivity index (χ3v) is 3.35. The quantitative estimate of drug-likeness (QED) is 0.777. The third kappa shape index (κ3) is 2.59. The number of halogens is 3. The molecular weight excluding hydrogens is 270 g/mol. The van der Waals surface area contributed by atoms with Gasteiger partial charge < -0.3 is 0 Å². The summed E-state index contributed by atoms with van der Waals surface area (Å²) in [6.45, 7) is 5.29. The van der Waals surface area contributed by atoms with Crippen molar-refractivity contribution in [1.82, 2.24) is 9.97 Å². The average Bonchev–Trinajstić information content (AvgIpc) is 2.35. The highest BCUT2D eigenvalue weighted by molar-refractivity contribution is 6.29. The molecule has 0 atom stereocenters.